The van der Waals surface area contributed by atoms with Gasteiger partial charge < -0.3 is 5.11 Å². The Morgan fingerprint density at radius 1 is 1.42 bits per heavy atom. The summed E-state index contributed by atoms with van der Waals surface area (Å²) in [7, 11) is 0. The third-order valence-corrected chi connectivity index (χ3v) is 3.57. The molecule has 1 rings (SSSR count). The molecule has 0 amide bonds. The maximum Gasteiger partial charge on any atom is 0.115 e. The van der Waals surface area contributed by atoms with Crippen molar-refractivity contribution < 1.29 is 5.11 Å². The lowest BCUT2D eigenvalue weighted by atomic mass is 10.0. The molecule has 0 aliphatic heterocycles. The van der Waals surface area contributed by atoms with E-state index in [0.29, 0.717) is 5.56 Å². The lowest BCUT2D eigenvalue weighted by Crippen LogP contribution is -2.39. The van der Waals surface area contributed by atoms with Crippen LogP contribution < -0.4 is 5.11 Å². The number of hydrogen-bond acceptors (Lipinski definition) is 3. The Labute approximate surface area is 85.4 Å². The molecule has 0 saturated heterocycles. The SMILES string of the molecule is CC(C)C([O-])(I)c1cncnc1. The van der Waals surface area contributed by atoms with Gasteiger partial charge in [0.05, 0.1) is 0 Å². The van der Waals surface area contributed by atoms with Crippen LogP contribution in [-0.4, -0.2) is 9.97 Å². The zero-order valence-electron chi connectivity index (χ0n) is 6.99. The highest BCUT2D eigenvalue weighted by atomic mass is 127. The van der Waals surface area contributed by atoms with Crippen LogP contribution in [0.2, 0.25) is 0 Å². The molecular formula is C8H10IN2O-. The van der Waals surface area contributed by atoms with E-state index in [-0.39, 0.29) is 5.92 Å². The van der Waals surface area contributed by atoms with Crippen molar-refractivity contribution in [1.82, 2.24) is 9.97 Å². The lowest BCUT2D eigenvalue weighted by Gasteiger charge is -2.38. The molecule has 12 heavy (non-hydrogen) atoms. The topological polar surface area (TPSA) is 48.8 Å². The average Bonchev–Trinajstić information content (AvgIpc) is 2.06. The zero-order valence-corrected chi connectivity index (χ0v) is 9.15. The first kappa shape index (κ1) is 9.85. The van der Waals surface area contributed by atoms with Gasteiger partial charge in [-0.15, -0.1) is 0 Å². The molecule has 66 valence electrons. The largest absolute Gasteiger partial charge is 0.838 e. The van der Waals surface area contributed by atoms with E-state index < -0.39 is 3.61 Å². The summed E-state index contributed by atoms with van der Waals surface area (Å²) in [4.78, 5) is 7.63. The van der Waals surface area contributed by atoms with Gasteiger partial charge in [0.1, 0.15) is 6.33 Å². The molecule has 0 spiro atoms. The van der Waals surface area contributed by atoms with Gasteiger partial charge >= 0.3 is 0 Å². The third kappa shape index (κ3) is 1.92. The lowest BCUT2D eigenvalue weighted by molar-refractivity contribution is -0.449. The second-order valence-electron chi connectivity index (χ2n) is 2.93. The predicted molar refractivity (Wildman–Crippen MR) is 52.6 cm³/mol. The maximum atomic E-state index is 11.9. The molecule has 1 aromatic heterocycles. The number of nitrogens with zero attached hydrogens (tertiary/aromatic N) is 2. The first-order chi connectivity index (χ1) is 5.55. The number of alkyl halides is 1. The van der Waals surface area contributed by atoms with Crippen LogP contribution in [0, 0.1) is 5.92 Å². The van der Waals surface area contributed by atoms with Crippen molar-refractivity contribution in [3.63, 3.8) is 0 Å². The molecule has 4 heteroatoms. The van der Waals surface area contributed by atoms with E-state index in [9.17, 15) is 5.11 Å². The summed E-state index contributed by atoms with van der Waals surface area (Å²) in [6.45, 7) is 3.79. The Morgan fingerprint density at radius 2 is 1.92 bits per heavy atom. The van der Waals surface area contributed by atoms with Gasteiger partial charge in [0.15, 0.2) is 0 Å². The van der Waals surface area contributed by atoms with E-state index in [0.717, 1.165) is 0 Å². The van der Waals surface area contributed by atoms with Crippen molar-refractivity contribution >= 4 is 22.6 Å². The van der Waals surface area contributed by atoms with Gasteiger partial charge in [0.2, 0.25) is 0 Å². The van der Waals surface area contributed by atoms with Gasteiger partial charge in [-0.2, -0.15) is 0 Å². The van der Waals surface area contributed by atoms with E-state index >= 15 is 0 Å². The predicted octanol–water partition coefficient (Wildman–Crippen LogP) is 1.08. The fourth-order valence-electron chi connectivity index (χ4n) is 0.808. The molecule has 1 unspecified atom stereocenters. The minimum atomic E-state index is -1.11. The highest BCUT2D eigenvalue weighted by Gasteiger charge is 2.19. The molecule has 0 bridgehead atoms. The standard InChI is InChI=1S/C8H10IN2O/c1-6(2)8(9,12)7-3-10-5-11-4-7/h3-6H,1-2H3/q-1. The Morgan fingerprint density at radius 3 is 2.33 bits per heavy atom. The van der Waals surface area contributed by atoms with Gasteiger partial charge in [-0.25, -0.2) is 9.97 Å². The van der Waals surface area contributed by atoms with Gasteiger partial charge in [-0.3, -0.25) is 0 Å². The van der Waals surface area contributed by atoms with E-state index in [2.05, 4.69) is 9.97 Å². The summed E-state index contributed by atoms with van der Waals surface area (Å²) >= 11 is 1.90. The number of aromatic nitrogens is 2. The van der Waals surface area contributed by atoms with Crippen LogP contribution in [0.5, 0.6) is 0 Å². The van der Waals surface area contributed by atoms with Crippen molar-refractivity contribution in [3.05, 3.63) is 24.3 Å². The number of rotatable bonds is 2. The Kier molecular flexibility index (Phi) is 3.00. The molecule has 0 radical (unpaired) electrons. The third-order valence-electron chi connectivity index (χ3n) is 1.70. The number of halogens is 1. The second kappa shape index (κ2) is 3.66. The molecular weight excluding hydrogens is 267 g/mol. The van der Waals surface area contributed by atoms with Crippen LogP contribution in [0.25, 0.3) is 0 Å². The van der Waals surface area contributed by atoms with E-state index in [1.165, 1.54) is 6.33 Å². The van der Waals surface area contributed by atoms with Gasteiger partial charge in [0, 0.05) is 12.4 Å². The Bertz CT molecular complexity index is 248. The fraction of sp³-hybridized carbons (Fsp3) is 0.500. The first-order valence-electron chi connectivity index (χ1n) is 3.70. The molecule has 0 aliphatic carbocycles. The quantitative estimate of drug-likeness (QED) is 0.600. The Balaban J connectivity index is 2.98. The molecule has 0 saturated carbocycles. The Hall–Kier alpha value is -0.230. The van der Waals surface area contributed by atoms with Crippen LogP contribution in [0.4, 0.5) is 0 Å². The van der Waals surface area contributed by atoms with Crippen LogP contribution in [0.15, 0.2) is 18.7 Å². The summed E-state index contributed by atoms with van der Waals surface area (Å²) in [6, 6.07) is 0. The van der Waals surface area contributed by atoms with E-state index in [1.807, 2.05) is 36.4 Å². The van der Waals surface area contributed by atoms with Gasteiger partial charge in [0.25, 0.3) is 0 Å². The molecule has 3 nitrogen and oxygen atoms in total. The summed E-state index contributed by atoms with van der Waals surface area (Å²) < 4.78 is -1.11. The fourth-order valence-corrected chi connectivity index (χ4v) is 1.09. The molecule has 1 aromatic rings. The maximum absolute atomic E-state index is 11.9. The highest BCUT2D eigenvalue weighted by Crippen LogP contribution is 2.31. The van der Waals surface area contributed by atoms with Crippen LogP contribution in [0.3, 0.4) is 0 Å². The monoisotopic (exact) mass is 277 g/mol. The van der Waals surface area contributed by atoms with E-state index in [4.69, 9.17) is 0 Å². The molecule has 0 N–H and O–H groups in total. The highest BCUT2D eigenvalue weighted by molar-refractivity contribution is 14.1. The van der Waals surface area contributed by atoms with Crippen LogP contribution >= 0.6 is 22.6 Å². The molecule has 0 aromatic carbocycles. The number of hydrogen-bond donors (Lipinski definition) is 0. The van der Waals surface area contributed by atoms with Crippen LogP contribution in [0.1, 0.15) is 19.4 Å². The average molecular weight is 277 g/mol. The smallest absolute Gasteiger partial charge is 0.115 e. The minimum absolute atomic E-state index is 0.0316. The van der Waals surface area contributed by atoms with Crippen molar-refractivity contribution in [1.29, 1.82) is 0 Å². The summed E-state index contributed by atoms with van der Waals surface area (Å²) in [5, 5.41) is 11.9. The van der Waals surface area contributed by atoms with Crippen molar-refractivity contribution in [2.24, 2.45) is 5.92 Å². The molecule has 1 atom stereocenters. The summed E-state index contributed by atoms with van der Waals surface area (Å²) in [6.07, 6.45) is 4.58. The second-order valence-corrected chi connectivity index (χ2v) is 4.53. The van der Waals surface area contributed by atoms with Gasteiger partial charge in [-0.1, -0.05) is 36.4 Å². The normalized spacial score (nSPS) is 16.1. The van der Waals surface area contributed by atoms with Crippen LogP contribution in [-0.2, 0) is 3.61 Å². The zero-order chi connectivity index (χ0) is 9.19. The molecule has 0 fully saturated rings. The van der Waals surface area contributed by atoms with Crippen molar-refractivity contribution in [2.75, 3.05) is 0 Å². The first-order valence-corrected chi connectivity index (χ1v) is 4.78. The molecule has 0 aliphatic rings. The molecule has 1 heterocycles. The van der Waals surface area contributed by atoms with E-state index in [1.54, 1.807) is 12.4 Å². The van der Waals surface area contributed by atoms with Crippen molar-refractivity contribution in [2.45, 2.75) is 17.5 Å². The minimum Gasteiger partial charge on any atom is -0.838 e. The van der Waals surface area contributed by atoms with Gasteiger partial charge in [-0.05, 0) is 15.1 Å². The van der Waals surface area contributed by atoms with Crippen molar-refractivity contribution in [3.8, 4) is 0 Å². The summed E-state index contributed by atoms with van der Waals surface area (Å²) in [5.41, 5.74) is 0.639. The summed E-state index contributed by atoms with van der Waals surface area (Å²) in [5.74, 6) is 0.0316.